The molecule has 3 aromatic heterocycles. The van der Waals surface area contributed by atoms with E-state index < -0.39 is 29.8 Å². The fourth-order valence-electron chi connectivity index (χ4n) is 5.70. The smallest absolute Gasteiger partial charge is 0.382 e. The van der Waals surface area contributed by atoms with Gasteiger partial charge in [-0.15, -0.1) is 11.3 Å². The lowest BCUT2D eigenvalue weighted by Gasteiger charge is -2.31. The highest BCUT2D eigenvalue weighted by Crippen LogP contribution is 2.33. The van der Waals surface area contributed by atoms with Crippen LogP contribution in [0, 0.1) is 13.8 Å². The first-order chi connectivity index (χ1) is 25.9. The van der Waals surface area contributed by atoms with Crippen molar-refractivity contribution in [3.8, 4) is 0 Å². The Labute approximate surface area is 317 Å². The minimum absolute atomic E-state index is 0.123. The number of thiazole rings is 1. The summed E-state index contributed by atoms with van der Waals surface area (Å²) in [6.45, 7) is 8.89. The number of amides is 2. The van der Waals surface area contributed by atoms with E-state index in [2.05, 4.69) is 15.4 Å². The Kier molecular flexibility index (Phi) is 14.0. The monoisotopic (exact) mass is 796 g/mol. The van der Waals surface area contributed by atoms with Crippen molar-refractivity contribution in [1.82, 2.24) is 29.4 Å². The molecule has 55 heavy (non-hydrogen) atoms. The summed E-state index contributed by atoms with van der Waals surface area (Å²) in [6, 6.07) is 11.2. The Hall–Kier alpha value is -5.07. The van der Waals surface area contributed by atoms with Gasteiger partial charge in [0.15, 0.2) is 17.2 Å². The van der Waals surface area contributed by atoms with Gasteiger partial charge in [0.2, 0.25) is 12.0 Å². The van der Waals surface area contributed by atoms with E-state index in [0.717, 1.165) is 32.2 Å². The number of aromatic nitrogens is 5. The molecule has 0 aliphatic carbocycles. The predicted molar refractivity (Wildman–Crippen MR) is 193 cm³/mol. The van der Waals surface area contributed by atoms with E-state index in [1.165, 1.54) is 32.1 Å². The highest BCUT2D eigenvalue weighted by molar-refractivity contribution is 7.10. The standard InChI is InChI=1S/C26H27F3N6O3S.C8H9F3N2O.C2H6/c1-16-12-22(26(27,28)29)31-35(16)14-23(36)34-10-8-17(9-11-34)24-30-20(15-39-24)19-13-21(38-32-19)25(37)33(2)18-6-4-3-5-7-18;1-5-3-7(8(9,10)11)12-13(5)4-6(2)14;1-2/h3-7,12,15,17,21H,8-11,13-14H2,1-2H3;3H,4H2,1-2H3;1-2H3. The van der Waals surface area contributed by atoms with Crippen LogP contribution in [0.15, 0.2) is 53.0 Å². The number of likely N-dealkylation sites (N-methyl/N-ethyl adjacent to an activating group) is 1. The van der Waals surface area contributed by atoms with Gasteiger partial charge in [-0.1, -0.05) is 37.2 Å². The maximum absolute atomic E-state index is 12.9. The Balaban J connectivity index is 0.000000354. The van der Waals surface area contributed by atoms with Crippen molar-refractivity contribution in [2.24, 2.45) is 5.16 Å². The number of halogens is 6. The minimum atomic E-state index is -4.55. The van der Waals surface area contributed by atoms with Gasteiger partial charge < -0.3 is 14.6 Å². The second-order valence-corrected chi connectivity index (χ2v) is 13.5. The predicted octanol–water partition coefficient (Wildman–Crippen LogP) is 7.05. The molecule has 6 rings (SSSR count). The van der Waals surface area contributed by atoms with Gasteiger partial charge >= 0.3 is 12.4 Å². The Morgan fingerprint density at radius 3 is 1.95 bits per heavy atom. The number of benzene rings is 1. The van der Waals surface area contributed by atoms with Crippen LogP contribution in [-0.2, 0) is 44.7 Å². The number of nitrogens with zero attached hydrogens (tertiary/aromatic N) is 8. The molecule has 1 saturated heterocycles. The van der Waals surface area contributed by atoms with Crippen molar-refractivity contribution in [2.45, 2.75) is 91.3 Å². The number of carbonyl (C=O) groups excluding carboxylic acids is 3. The molecule has 298 valence electrons. The van der Waals surface area contributed by atoms with E-state index >= 15 is 0 Å². The summed E-state index contributed by atoms with van der Waals surface area (Å²) in [4.78, 5) is 49.7. The van der Waals surface area contributed by atoms with Gasteiger partial charge in [-0.25, -0.2) is 4.98 Å². The number of anilines is 1. The Morgan fingerprint density at radius 1 is 0.891 bits per heavy atom. The molecule has 1 atom stereocenters. The number of para-hydroxylation sites is 1. The fraction of sp³-hybridized carbons (Fsp3) is 0.472. The fourth-order valence-corrected chi connectivity index (χ4v) is 6.70. The number of oxime groups is 1. The van der Waals surface area contributed by atoms with Crippen molar-refractivity contribution in [3.05, 3.63) is 81.3 Å². The molecule has 4 aromatic rings. The van der Waals surface area contributed by atoms with Crippen LogP contribution in [-0.4, -0.2) is 79.0 Å². The van der Waals surface area contributed by atoms with E-state index in [1.807, 2.05) is 49.6 Å². The maximum Gasteiger partial charge on any atom is 0.435 e. The van der Waals surface area contributed by atoms with Crippen molar-refractivity contribution in [3.63, 3.8) is 0 Å². The van der Waals surface area contributed by atoms with Gasteiger partial charge in [-0.3, -0.25) is 23.7 Å². The Morgan fingerprint density at radius 2 is 1.44 bits per heavy atom. The number of rotatable bonds is 8. The van der Waals surface area contributed by atoms with Gasteiger partial charge in [-0.05, 0) is 57.9 Å². The summed E-state index contributed by atoms with van der Waals surface area (Å²) in [6.07, 6.45) is -8.00. The third-order valence-corrected chi connectivity index (χ3v) is 9.64. The van der Waals surface area contributed by atoms with Crippen LogP contribution in [0.4, 0.5) is 32.0 Å². The minimum Gasteiger partial charge on any atom is -0.382 e. The summed E-state index contributed by atoms with van der Waals surface area (Å²) >= 11 is 1.51. The van der Waals surface area contributed by atoms with Crippen LogP contribution in [0.5, 0.6) is 0 Å². The van der Waals surface area contributed by atoms with Gasteiger partial charge in [0.1, 0.15) is 12.3 Å². The molecule has 2 aliphatic heterocycles. The second kappa shape index (κ2) is 18.0. The maximum atomic E-state index is 12.9. The lowest BCUT2D eigenvalue weighted by Crippen LogP contribution is -2.40. The molecule has 5 heterocycles. The zero-order valence-electron chi connectivity index (χ0n) is 31.1. The van der Waals surface area contributed by atoms with E-state index in [0.29, 0.717) is 49.5 Å². The molecule has 0 N–H and O–H groups in total. The third-order valence-electron chi connectivity index (χ3n) is 8.63. The lowest BCUT2D eigenvalue weighted by atomic mass is 9.97. The number of hydrogen-bond donors (Lipinski definition) is 0. The van der Waals surface area contributed by atoms with Crippen LogP contribution >= 0.6 is 11.3 Å². The number of hydrogen-bond acceptors (Lipinski definition) is 9. The highest BCUT2D eigenvalue weighted by atomic mass is 32.1. The first-order valence-electron chi connectivity index (χ1n) is 17.4. The summed E-state index contributed by atoms with van der Waals surface area (Å²) < 4.78 is 77.4. The summed E-state index contributed by atoms with van der Waals surface area (Å²) in [5, 5.41) is 13.8. The molecular formula is C36H42F6N8O4S. The molecule has 1 unspecified atom stereocenters. The third kappa shape index (κ3) is 11.0. The van der Waals surface area contributed by atoms with Gasteiger partial charge in [0.05, 0.1) is 17.2 Å². The van der Waals surface area contributed by atoms with Gasteiger partial charge in [-0.2, -0.15) is 36.5 Å². The van der Waals surface area contributed by atoms with Gasteiger partial charge in [0.25, 0.3) is 5.91 Å². The first kappa shape index (κ1) is 42.7. The molecular weight excluding hydrogens is 755 g/mol. The average Bonchev–Trinajstić information content (AvgIpc) is 3.97. The van der Waals surface area contributed by atoms with Crippen LogP contribution in [0.25, 0.3) is 0 Å². The van der Waals surface area contributed by atoms with Crippen molar-refractivity contribution in [1.29, 1.82) is 0 Å². The lowest BCUT2D eigenvalue weighted by molar-refractivity contribution is -0.142. The molecule has 12 nitrogen and oxygen atoms in total. The molecule has 2 amide bonds. The SMILES string of the molecule is CC.CC(=O)Cn1nc(C(F)(F)F)cc1C.Cc1cc(C(F)(F)F)nn1CC(=O)N1CCC(c2nc(C3=NOC(C(=O)N(C)c4ccccc4)C3)cs2)CC1. The average molecular weight is 797 g/mol. The van der Waals surface area contributed by atoms with E-state index in [9.17, 15) is 40.7 Å². The number of alkyl halides is 6. The van der Waals surface area contributed by atoms with Crippen LogP contribution < -0.4 is 4.90 Å². The van der Waals surface area contributed by atoms with Crippen molar-refractivity contribution < 1.29 is 45.6 Å². The number of carbonyl (C=O) groups is 3. The Bertz CT molecular complexity index is 1960. The van der Waals surface area contributed by atoms with Crippen LogP contribution in [0.3, 0.4) is 0 Å². The molecule has 2 aliphatic rings. The summed E-state index contributed by atoms with van der Waals surface area (Å²) in [7, 11) is 1.70. The molecule has 0 spiro atoms. The number of ketones is 1. The molecule has 1 aromatic carbocycles. The molecule has 19 heteroatoms. The van der Waals surface area contributed by atoms with Crippen molar-refractivity contribution >= 4 is 40.3 Å². The van der Waals surface area contributed by atoms with E-state index in [1.54, 1.807) is 16.8 Å². The number of Topliss-reactive ketones (excluding diaryl/α,β-unsaturated/α-hetero) is 1. The largest absolute Gasteiger partial charge is 0.435 e. The highest BCUT2D eigenvalue weighted by Gasteiger charge is 2.36. The number of likely N-dealkylation sites (tertiary alicyclic amines) is 1. The van der Waals surface area contributed by atoms with E-state index in [4.69, 9.17) is 9.82 Å². The normalized spacial score (nSPS) is 16.0. The zero-order valence-corrected chi connectivity index (χ0v) is 31.9. The van der Waals surface area contributed by atoms with Gasteiger partial charge in [0, 0.05) is 54.9 Å². The summed E-state index contributed by atoms with van der Waals surface area (Å²) in [5.41, 5.74) is 0.728. The molecule has 0 saturated carbocycles. The second-order valence-electron chi connectivity index (χ2n) is 12.6. The first-order valence-corrected chi connectivity index (χ1v) is 18.3. The summed E-state index contributed by atoms with van der Waals surface area (Å²) in [5.74, 6) is -0.528. The quantitative estimate of drug-likeness (QED) is 0.175. The zero-order chi connectivity index (χ0) is 40.7. The van der Waals surface area contributed by atoms with Crippen molar-refractivity contribution in [2.75, 3.05) is 25.0 Å². The van der Waals surface area contributed by atoms with Crippen LogP contribution in [0.1, 0.15) is 79.4 Å². The van der Waals surface area contributed by atoms with E-state index in [-0.39, 0.29) is 42.3 Å². The molecule has 0 radical (unpaired) electrons. The van der Waals surface area contributed by atoms with Crippen LogP contribution in [0.2, 0.25) is 0 Å². The number of piperidine rings is 1. The molecule has 0 bridgehead atoms. The number of aryl methyl sites for hydroxylation is 2. The topological polar surface area (TPSA) is 128 Å². The molecule has 1 fully saturated rings.